The number of aryl methyl sites for hydroxylation is 2. The van der Waals surface area contributed by atoms with Gasteiger partial charge in [0.2, 0.25) is 0 Å². The van der Waals surface area contributed by atoms with E-state index in [-0.39, 0.29) is 0 Å². The molecule has 3 nitrogen and oxygen atoms in total. The highest BCUT2D eigenvalue weighted by molar-refractivity contribution is 7.99. The summed E-state index contributed by atoms with van der Waals surface area (Å²) < 4.78 is 2.18. The van der Waals surface area contributed by atoms with Gasteiger partial charge in [-0.3, -0.25) is 9.58 Å². The largest absolute Gasteiger partial charge is 0.298 e. The predicted octanol–water partition coefficient (Wildman–Crippen LogP) is 2.85. The minimum absolute atomic E-state index is 1.04. The first kappa shape index (κ1) is 13.9. The van der Waals surface area contributed by atoms with Gasteiger partial charge in [-0.25, -0.2) is 0 Å². The minimum atomic E-state index is 1.04. The lowest BCUT2D eigenvalue weighted by Crippen LogP contribution is -2.26. The zero-order valence-corrected chi connectivity index (χ0v) is 12.7. The van der Waals surface area contributed by atoms with E-state index in [1.807, 2.05) is 0 Å². The Kier molecular flexibility index (Phi) is 5.13. The molecule has 0 N–H and O–H groups in total. The number of hydrogen-bond acceptors (Lipinski definition) is 3. The van der Waals surface area contributed by atoms with Crippen molar-refractivity contribution >= 4 is 11.8 Å². The quantitative estimate of drug-likeness (QED) is 0.837. The van der Waals surface area contributed by atoms with E-state index >= 15 is 0 Å². The summed E-state index contributed by atoms with van der Waals surface area (Å²) in [4.78, 5) is 2.59. The van der Waals surface area contributed by atoms with Crippen LogP contribution in [0.25, 0.3) is 0 Å². The van der Waals surface area contributed by atoms with Gasteiger partial charge in [0.25, 0.3) is 0 Å². The van der Waals surface area contributed by atoms with Crippen molar-refractivity contribution in [3.05, 3.63) is 17.0 Å². The second-order valence-electron chi connectivity index (χ2n) is 5.11. The van der Waals surface area contributed by atoms with Crippen molar-refractivity contribution in [3.63, 3.8) is 0 Å². The minimum Gasteiger partial charge on any atom is -0.298 e. The van der Waals surface area contributed by atoms with Crippen molar-refractivity contribution in [2.75, 3.05) is 24.6 Å². The highest BCUT2D eigenvalue weighted by Gasteiger charge is 2.16. The Morgan fingerprint density at radius 2 is 2.06 bits per heavy atom. The van der Waals surface area contributed by atoms with E-state index in [2.05, 4.69) is 47.2 Å². The molecule has 0 radical (unpaired) electrons. The van der Waals surface area contributed by atoms with Crippen LogP contribution in [-0.4, -0.2) is 39.3 Å². The van der Waals surface area contributed by atoms with Gasteiger partial charge in [0.05, 0.1) is 5.69 Å². The molecule has 0 spiro atoms. The molecule has 0 atom stereocenters. The Morgan fingerprint density at radius 3 is 2.83 bits per heavy atom. The number of rotatable bonds is 4. The average molecular weight is 267 g/mol. The zero-order chi connectivity index (χ0) is 13.0. The number of nitrogens with zero attached hydrogens (tertiary/aromatic N) is 3. The van der Waals surface area contributed by atoms with Crippen molar-refractivity contribution in [2.24, 2.45) is 0 Å². The number of thioether (sulfide) groups is 1. The lowest BCUT2D eigenvalue weighted by molar-refractivity contribution is 0.286. The Balaban J connectivity index is 2.07. The van der Waals surface area contributed by atoms with Gasteiger partial charge in [0.1, 0.15) is 0 Å². The molecular formula is C14H25N3S. The SMILES string of the molecule is CCCn1nc(C)c(CN2CCCSCC2)c1C. The summed E-state index contributed by atoms with van der Waals surface area (Å²) in [5, 5.41) is 4.67. The van der Waals surface area contributed by atoms with Crippen molar-refractivity contribution in [2.45, 2.75) is 46.7 Å². The topological polar surface area (TPSA) is 21.1 Å². The Bertz CT molecular complexity index is 379. The van der Waals surface area contributed by atoms with Crippen LogP contribution in [0, 0.1) is 13.8 Å². The van der Waals surface area contributed by atoms with E-state index in [9.17, 15) is 0 Å². The molecule has 1 aromatic rings. The average Bonchev–Trinajstić information content (AvgIpc) is 2.58. The highest BCUT2D eigenvalue weighted by atomic mass is 32.2. The molecule has 2 heterocycles. The van der Waals surface area contributed by atoms with Gasteiger partial charge in [-0.2, -0.15) is 16.9 Å². The fourth-order valence-corrected chi connectivity index (χ4v) is 3.50. The molecule has 18 heavy (non-hydrogen) atoms. The standard InChI is InChI=1S/C14H25N3S/c1-4-6-17-13(3)14(12(2)15-17)11-16-7-5-9-18-10-8-16/h4-11H2,1-3H3. The van der Waals surface area contributed by atoms with Crippen LogP contribution in [0.15, 0.2) is 0 Å². The second kappa shape index (κ2) is 6.62. The van der Waals surface area contributed by atoms with Gasteiger partial charge in [-0.05, 0) is 39.0 Å². The van der Waals surface area contributed by atoms with Crippen LogP contribution in [0.1, 0.15) is 36.7 Å². The van der Waals surface area contributed by atoms with Crippen molar-refractivity contribution in [3.8, 4) is 0 Å². The van der Waals surface area contributed by atoms with E-state index in [1.54, 1.807) is 0 Å². The van der Waals surface area contributed by atoms with Crippen LogP contribution in [0.3, 0.4) is 0 Å². The lowest BCUT2D eigenvalue weighted by Gasteiger charge is -2.19. The molecule has 0 unspecified atom stereocenters. The van der Waals surface area contributed by atoms with Crippen molar-refractivity contribution in [1.82, 2.24) is 14.7 Å². The highest BCUT2D eigenvalue weighted by Crippen LogP contribution is 2.18. The van der Waals surface area contributed by atoms with Crippen molar-refractivity contribution < 1.29 is 0 Å². The molecule has 0 saturated carbocycles. The second-order valence-corrected chi connectivity index (χ2v) is 6.34. The summed E-state index contributed by atoms with van der Waals surface area (Å²) in [5.41, 5.74) is 4.04. The summed E-state index contributed by atoms with van der Waals surface area (Å²) >= 11 is 2.09. The molecule has 0 aliphatic carbocycles. The Hall–Kier alpha value is -0.480. The molecular weight excluding hydrogens is 242 g/mol. The van der Waals surface area contributed by atoms with E-state index < -0.39 is 0 Å². The maximum Gasteiger partial charge on any atom is 0.0641 e. The van der Waals surface area contributed by atoms with Crippen LogP contribution in [0.4, 0.5) is 0 Å². The van der Waals surface area contributed by atoms with Crippen LogP contribution in [0.5, 0.6) is 0 Å². The summed E-state index contributed by atoms with van der Waals surface area (Å²) in [6.07, 6.45) is 2.48. The zero-order valence-electron chi connectivity index (χ0n) is 11.9. The molecule has 2 rings (SSSR count). The monoisotopic (exact) mass is 267 g/mol. The van der Waals surface area contributed by atoms with Crippen molar-refractivity contribution in [1.29, 1.82) is 0 Å². The molecule has 1 aliphatic heterocycles. The maximum atomic E-state index is 4.67. The molecule has 1 fully saturated rings. The molecule has 4 heteroatoms. The van der Waals surface area contributed by atoms with E-state index in [0.29, 0.717) is 0 Å². The smallest absolute Gasteiger partial charge is 0.0641 e. The molecule has 1 saturated heterocycles. The molecule has 1 aliphatic rings. The van der Waals surface area contributed by atoms with Crippen LogP contribution in [0.2, 0.25) is 0 Å². The normalized spacial score (nSPS) is 17.9. The van der Waals surface area contributed by atoms with Crippen LogP contribution >= 0.6 is 11.8 Å². The fourth-order valence-electron chi connectivity index (χ4n) is 2.57. The first-order chi connectivity index (χ1) is 8.72. The van der Waals surface area contributed by atoms with Gasteiger partial charge in [-0.1, -0.05) is 6.92 Å². The molecule has 0 aromatic carbocycles. The molecule has 102 valence electrons. The Labute approximate surface area is 115 Å². The Morgan fingerprint density at radius 1 is 1.22 bits per heavy atom. The van der Waals surface area contributed by atoms with E-state index in [4.69, 9.17) is 0 Å². The van der Waals surface area contributed by atoms with Gasteiger partial charge < -0.3 is 0 Å². The third kappa shape index (κ3) is 3.29. The van der Waals surface area contributed by atoms with E-state index in [0.717, 1.165) is 19.5 Å². The number of aromatic nitrogens is 2. The first-order valence-electron chi connectivity index (χ1n) is 7.05. The van der Waals surface area contributed by atoms with E-state index in [1.165, 1.54) is 48.0 Å². The van der Waals surface area contributed by atoms with Gasteiger partial charge >= 0.3 is 0 Å². The molecule has 0 bridgehead atoms. The summed E-state index contributed by atoms with van der Waals surface area (Å²) in [6, 6.07) is 0. The summed E-state index contributed by atoms with van der Waals surface area (Å²) in [5.74, 6) is 2.60. The molecule has 0 amide bonds. The third-order valence-electron chi connectivity index (χ3n) is 3.66. The van der Waals surface area contributed by atoms with Crippen LogP contribution in [-0.2, 0) is 13.1 Å². The summed E-state index contributed by atoms with van der Waals surface area (Å²) in [7, 11) is 0. The lowest BCUT2D eigenvalue weighted by atomic mass is 10.2. The van der Waals surface area contributed by atoms with Crippen LogP contribution < -0.4 is 0 Å². The fraction of sp³-hybridized carbons (Fsp3) is 0.786. The first-order valence-corrected chi connectivity index (χ1v) is 8.20. The van der Waals surface area contributed by atoms with Gasteiger partial charge in [0.15, 0.2) is 0 Å². The van der Waals surface area contributed by atoms with Gasteiger partial charge in [0, 0.05) is 36.6 Å². The predicted molar refractivity (Wildman–Crippen MR) is 79.2 cm³/mol. The number of hydrogen-bond donors (Lipinski definition) is 0. The molecule has 1 aromatic heterocycles. The van der Waals surface area contributed by atoms with Gasteiger partial charge in [-0.15, -0.1) is 0 Å². The maximum absolute atomic E-state index is 4.67. The third-order valence-corrected chi connectivity index (χ3v) is 4.71. The summed E-state index contributed by atoms with van der Waals surface area (Å²) in [6.45, 7) is 11.2.